The monoisotopic (exact) mass is 349 g/mol. The van der Waals surface area contributed by atoms with E-state index < -0.39 is 0 Å². The van der Waals surface area contributed by atoms with Crippen molar-refractivity contribution in [1.29, 1.82) is 0 Å². The molecule has 0 spiro atoms. The first-order chi connectivity index (χ1) is 10.7. The molecular formula is C16H13Cl2N3O2. The normalized spacial score (nSPS) is 12.2. The SMILES string of the molecule is Cl.Nc1nc(Cc2ccc3c(c2)OCO3)c2cc(Cl)ccc2n1. The van der Waals surface area contributed by atoms with Crippen LogP contribution >= 0.6 is 24.0 Å². The molecule has 1 aliphatic heterocycles. The van der Waals surface area contributed by atoms with E-state index >= 15 is 0 Å². The molecule has 1 aliphatic rings. The Kier molecular flexibility index (Phi) is 4.15. The third-order valence-corrected chi connectivity index (χ3v) is 3.80. The third kappa shape index (κ3) is 2.98. The van der Waals surface area contributed by atoms with E-state index in [1.807, 2.05) is 30.3 Å². The standard InChI is InChI=1S/C16H12ClN3O2.ClH/c17-10-2-3-12-11(7-10)13(20-16(18)19-12)5-9-1-4-14-15(6-9)22-8-21-14;/h1-4,6-7H,5,8H2,(H2,18,19,20);1H. The van der Waals surface area contributed by atoms with Crippen molar-refractivity contribution in [2.24, 2.45) is 0 Å². The van der Waals surface area contributed by atoms with Gasteiger partial charge in [-0.2, -0.15) is 0 Å². The van der Waals surface area contributed by atoms with Gasteiger partial charge in [0.05, 0.1) is 11.2 Å². The van der Waals surface area contributed by atoms with Crippen molar-refractivity contribution in [2.75, 3.05) is 12.5 Å². The second-order valence-corrected chi connectivity index (χ2v) is 5.49. The van der Waals surface area contributed by atoms with Crippen molar-refractivity contribution in [2.45, 2.75) is 6.42 Å². The summed E-state index contributed by atoms with van der Waals surface area (Å²) in [6.07, 6.45) is 0.611. The molecule has 0 fully saturated rings. The summed E-state index contributed by atoms with van der Waals surface area (Å²) >= 11 is 6.09. The van der Waals surface area contributed by atoms with Gasteiger partial charge < -0.3 is 15.2 Å². The molecule has 2 aromatic carbocycles. The number of nitrogen functional groups attached to an aromatic ring is 1. The molecule has 7 heteroatoms. The Hall–Kier alpha value is -2.24. The van der Waals surface area contributed by atoms with Gasteiger partial charge in [-0.3, -0.25) is 0 Å². The maximum absolute atomic E-state index is 6.09. The lowest BCUT2D eigenvalue weighted by molar-refractivity contribution is 0.174. The molecule has 1 aromatic heterocycles. The van der Waals surface area contributed by atoms with Gasteiger partial charge in [0.25, 0.3) is 0 Å². The number of hydrogen-bond donors (Lipinski definition) is 1. The summed E-state index contributed by atoms with van der Waals surface area (Å²) in [6.45, 7) is 0.262. The van der Waals surface area contributed by atoms with Gasteiger partial charge >= 0.3 is 0 Å². The smallest absolute Gasteiger partial charge is 0.231 e. The van der Waals surface area contributed by atoms with Crippen molar-refractivity contribution >= 4 is 40.9 Å². The number of nitrogens with two attached hydrogens (primary N) is 1. The average molecular weight is 350 g/mol. The first kappa shape index (κ1) is 15.6. The highest BCUT2D eigenvalue weighted by Gasteiger charge is 2.14. The molecule has 0 saturated carbocycles. The van der Waals surface area contributed by atoms with Crippen LogP contribution in [0.25, 0.3) is 10.9 Å². The quantitative estimate of drug-likeness (QED) is 0.765. The summed E-state index contributed by atoms with van der Waals surface area (Å²) in [5.74, 6) is 1.77. The molecule has 0 bridgehead atoms. The van der Waals surface area contributed by atoms with Gasteiger partial charge in [0, 0.05) is 16.8 Å². The molecule has 0 aliphatic carbocycles. The Morgan fingerprint density at radius 1 is 1.04 bits per heavy atom. The van der Waals surface area contributed by atoms with Crippen LogP contribution in [0.4, 0.5) is 5.95 Å². The van der Waals surface area contributed by atoms with Crippen LogP contribution < -0.4 is 15.2 Å². The van der Waals surface area contributed by atoms with Crippen LogP contribution in [0.5, 0.6) is 11.5 Å². The third-order valence-electron chi connectivity index (χ3n) is 3.56. The van der Waals surface area contributed by atoms with E-state index in [1.54, 1.807) is 6.07 Å². The highest BCUT2D eigenvalue weighted by molar-refractivity contribution is 6.31. The summed E-state index contributed by atoms with van der Waals surface area (Å²) in [4.78, 5) is 8.61. The number of fused-ring (bicyclic) bond motifs is 2. The maximum Gasteiger partial charge on any atom is 0.231 e. The van der Waals surface area contributed by atoms with E-state index in [1.165, 1.54) is 0 Å². The molecule has 3 aromatic rings. The number of rotatable bonds is 2. The van der Waals surface area contributed by atoms with E-state index in [4.69, 9.17) is 26.8 Å². The number of ether oxygens (including phenoxy) is 2. The molecule has 0 atom stereocenters. The molecule has 4 rings (SSSR count). The van der Waals surface area contributed by atoms with Gasteiger partial charge in [0.1, 0.15) is 0 Å². The molecule has 0 saturated heterocycles. The predicted molar refractivity (Wildman–Crippen MR) is 91.6 cm³/mol. The second-order valence-electron chi connectivity index (χ2n) is 5.05. The summed E-state index contributed by atoms with van der Waals surface area (Å²) < 4.78 is 10.7. The van der Waals surface area contributed by atoms with Crippen LogP contribution in [-0.4, -0.2) is 16.8 Å². The van der Waals surface area contributed by atoms with Gasteiger partial charge in [0.2, 0.25) is 12.7 Å². The Bertz CT molecular complexity index is 887. The first-order valence-electron chi connectivity index (χ1n) is 6.79. The zero-order valence-electron chi connectivity index (χ0n) is 12.0. The minimum atomic E-state index is 0. The molecular weight excluding hydrogens is 337 g/mol. The fourth-order valence-corrected chi connectivity index (χ4v) is 2.73. The fourth-order valence-electron chi connectivity index (χ4n) is 2.56. The summed E-state index contributed by atoms with van der Waals surface area (Å²) in [6, 6.07) is 11.3. The zero-order valence-corrected chi connectivity index (χ0v) is 13.5. The lowest BCUT2D eigenvalue weighted by atomic mass is 10.1. The summed E-state index contributed by atoms with van der Waals surface area (Å²) in [5.41, 5.74) is 8.49. The fraction of sp³-hybridized carbons (Fsp3) is 0.125. The Labute approximate surface area is 143 Å². The molecule has 118 valence electrons. The van der Waals surface area contributed by atoms with E-state index in [-0.39, 0.29) is 25.1 Å². The van der Waals surface area contributed by atoms with Crippen molar-refractivity contribution in [3.8, 4) is 11.5 Å². The number of hydrogen-bond acceptors (Lipinski definition) is 5. The van der Waals surface area contributed by atoms with Gasteiger partial charge in [-0.25, -0.2) is 9.97 Å². The van der Waals surface area contributed by atoms with E-state index in [2.05, 4.69) is 9.97 Å². The maximum atomic E-state index is 6.09. The number of nitrogens with zero attached hydrogens (tertiary/aromatic N) is 2. The number of anilines is 1. The lowest BCUT2D eigenvalue weighted by Crippen LogP contribution is -2.01. The van der Waals surface area contributed by atoms with Gasteiger partial charge in [0.15, 0.2) is 11.5 Å². The average Bonchev–Trinajstić information content (AvgIpc) is 2.95. The van der Waals surface area contributed by atoms with Gasteiger partial charge in [-0.1, -0.05) is 17.7 Å². The van der Waals surface area contributed by atoms with Crippen LogP contribution in [-0.2, 0) is 6.42 Å². The predicted octanol–water partition coefficient (Wildman–Crippen LogP) is 3.61. The molecule has 0 radical (unpaired) electrons. The number of halogens is 2. The van der Waals surface area contributed by atoms with Crippen LogP contribution in [0.2, 0.25) is 5.02 Å². The highest BCUT2D eigenvalue weighted by atomic mass is 35.5. The van der Waals surface area contributed by atoms with E-state index in [0.717, 1.165) is 33.7 Å². The van der Waals surface area contributed by atoms with Crippen LogP contribution in [0.1, 0.15) is 11.3 Å². The summed E-state index contributed by atoms with van der Waals surface area (Å²) in [7, 11) is 0. The minimum absolute atomic E-state index is 0. The second kappa shape index (κ2) is 6.10. The Morgan fingerprint density at radius 3 is 2.74 bits per heavy atom. The molecule has 0 amide bonds. The number of benzene rings is 2. The van der Waals surface area contributed by atoms with Crippen molar-refractivity contribution in [1.82, 2.24) is 9.97 Å². The minimum Gasteiger partial charge on any atom is -0.454 e. The Morgan fingerprint density at radius 2 is 1.87 bits per heavy atom. The van der Waals surface area contributed by atoms with E-state index in [0.29, 0.717) is 11.4 Å². The summed E-state index contributed by atoms with van der Waals surface area (Å²) in [5, 5.41) is 1.55. The largest absolute Gasteiger partial charge is 0.454 e. The van der Waals surface area contributed by atoms with Crippen LogP contribution in [0.3, 0.4) is 0 Å². The molecule has 0 unspecified atom stereocenters. The highest BCUT2D eigenvalue weighted by Crippen LogP contribution is 2.33. The van der Waals surface area contributed by atoms with Crippen molar-refractivity contribution in [3.63, 3.8) is 0 Å². The van der Waals surface area contributed by atoms with Gasteiger partial charge in [-0.05, 0) is 35.9 Å². The molecule has 23 heavy (non-hydrogen) atoms. The van der Waals surface area contributed by atoms with Crippen LogP contribution in [0, 0.1) is 0 Å². The number of aromatic nitrogens is 2. The Balaban J connectivity index is 0.00000156. The zero-order chi connectivity index (χ0) is 15.1. The molecule has 5 nitrogen and oxygen atoms in total. The van der Waals surface area contributed by atoms with E-state index in [9.17, 15) is 0 Å². The topological polar surface area (TPSA) is 70.3 Å². The molecule has 2 N–H and O–H groups in total. The lowest BCUT2D eigenvalue weighted by Gasteiger charge is -2.08. The van der Waals surface area contributed by atoms with Crippen molar-refractivity contribution < 1.29 is 9.47 Å². The van der Waals surface area contributed by atoms with Crippen molar-refractivity contribution in [3.05, 3.63) is 52.7 Å². The van der Waals surface area contributed by atoms with Gasteiger partial charge in [-0.15, -0.1) is 12.4 Å². The molecule has 2 heterocycles. The first-order valence-corrected chi connectivity index (χ1v) is 7.17. The van der Waals surface area contributed by atoms with Crippen LogP contribution in [0.15, 0.2) is 36.4 Å².